The van der Waals surface area contributed by atoms with Crippen LogP contribution in [0, 0.1) is 5.41 Å². The molecule has 0 aliphatic heterocycles. The van der Waals surface area contributed by atoms with Gasteiger partial charge in [-0.05, 0) is 37.1 Å². The maximum absolute atomic E-state index is 13.4. The number of hydrogen-bond donors (Lipinski definition) is 2. The van der Waals surface area contributed by atoms with Crippen molar-refractivity contribution >= 4 is 26.8 Å². The Labute approximate surface area is 177 Å². The molecule has 2 aromatic carbocycles. The predicted molar refractivity (Wildman–Crippen MR) is 108 cm³/mol. The molecular formula is C21H20F2N2O5S. The van der Waals surface area contributed by atoms with Gasteiger partial charge < -0.3 is 15.2 Å². The van der Waals surface area contributed by atoms with E-state index in [9.17, 15) is 27.1 Å². The third-order valence-electron chi connectivity index (χ3n) is 5.39. The molecule has 3 aromatic rings. The molecule has 1 saturated carbocycles. The molecule has 0 bridgehead atoms. The highest BCUT2D eigenvalue weighted by molar-refractivity contribution is 7.90. The minimum absolute atomic E-state index is 0.00151. The summed E-state index contributed by atoms with van der Waals surface area (Å²) < 4.78 is 57.3. The fourth-order valence-electron chi connectivity index (χ4n) is 3.35. The van der Waals surface area contributed by atoms with Gasteiger partial charge in [0.2, 0.25) is 5.91 Å². The van der Waals surface area contributed by atoms with E-state index in [-0.39, 0.29) is 33.9 Å². The van der Waals surface area contributed by atoms with E-state index in [1.807, 2.05) is 6.92 Å². The summed E-state index contributed by atoms with van der Waals surface area (Å²) in [5, 5.41) is 13.1. The summed E-state index contributed by atoms with van der Waals surface area (Å²) in [6.07, 6.45) is 1.51. The van der Waals surface area contributed by atoms with Gasteiger partial charge in [0, 0.05) is 16.9 Å². The summed E-state index contributed by atoms with van der Waals surface area (Å²) in [4.78, 5) is 12.4. The Hall–Kier alpha value is -3.14. The van der Waals surface area contributed by atoms with Gasteiger partial charge in [-0.25, -0.2) is 12.4 Å². The van der Waals surface area contributed by atoms with Crippen LogP contribution in [0.4, 0.5) is 8.78 Å². The quantitative estimate of drug-likeness (QED) is 0.573. The molecule has 2 N–H and O–H groups in total. The molecule has 1 aliphatic rings. The molecule has 1 aromatic heterocycles. The Morgan fingerprint density at radius 2 is 1.90 bits per heavy atom. The Kier molecular flexibility index (Phi) is 5.12. The van der Waals surface area contributed by atoms with Gasteiger partial charge in [-0.1, -0.05) is 25.1 Å². The average Bonchev–Trinajstić information content (AvgIpc) is 3.37. The number of phenols is 1. The van der Waals surface area contributed by atoms with Crippen molar-refractivity contribution in [3.05, 3.63) is 54.2 Å². The number of amides is 1. The molecule has 0 unspecified atom stereocenters. The molecular weight excluding hydrogens is 430 g/mol. The van der Waals surface area contributed by atoms with E-state index >= 15 is 0 Å². The van der Waals surface area contributed by atoms with Gasteiger partial charge in [0.1, 0.15) is 0 Å². The van der Waals surface area contributed by atoms with E-state index in [0.29, 0.717) is 0 Å². The van der Waals surface area contributed by atoms with Gasteiger partial charge in [-0.15, -0.1) is 0 Å². The molecule has 164 valence electrons. The molecule has 31 heavy (non-hydrogen) atoms. The molecule has 1 heterocycles. The number of carbonyl (C=O) groups is 1. The number of hydrogen-bond acceptors (Lipinski definition) is 5. The highest BCUT2D eigenvalue weighted by Crippen LogP contribution is 2.45. The number of fused-ring (bicyclic) bond motifs is 1. The van der Waals surface area contributed by atoms with E-state index in [1.165, 1.54) is 18.2 Å². The summed E-state index contributed by atoms with van der Waals surface area (Å²) in [5.41, 5.74) is -0.166. The van der Waals surface area contributed by atoms with Crippen LogP contribution < -0.4 is 10.1 Å². The lowest BCUT2D eigenvalue weighted by Gasteiger charge is -2.14. The van der Waals surface area contributed by atoms with Crippen LogP contribution in [0.1, 0.15) is 25.5 Å². The molecule has 10 heteroatoms. The van der Waals surface area contributed by atoms with Gasteiger partial charge in [0.25, 0.3) is 10.0 Å². The molecule has 1 fully saturated rings. The van der Waals surface area contributed by atoms with Gasteiger partial charge in [0.15, 0.2) is 11.5 Å². The second-order valence-electron chi connectivity index (χ2n) is 7.72. The number of aromatic nitrogens is 1. The third kappa shape index (κ3) is 3.95. The molecule has 4 rings (SSSR count). The fourth-order valence-corrected chi connectivity index (χ4v) is 4.91. The number of halogens is 2. The van der Waals surface area contributed by atoms with Crippen LogP contribution in [0.25, 0.3) is 10.9 Å². The van der Waals surface area contributed by atoms with Crippen molar-refractivity contribution in [3.63, 3.8) is 0 Å². The smallest absolute Gasteiger partial charge is 0.387 e. The topological polar surface area (TPSA) is 97.6 Å². The SMILES string of the molecule is CC1(C(=O)NCc2cc3cc(OC(F)F)c(O)cc3n2S(=O)(=O)c2ccccc2)CC1. The van der Waals surface area contributed by atoms with Crippen molar-refractivity contribution in [1.29, 1.82) is 0 Å². The van der Waals surface area contributed by atoms with E-state index in [4.69, 9.17) is 0 Å². The minimum atomic E-state index is -4.11. The van der Waals surface area contributed by atoms with Crippen molar-refractivity contribution < 1.29 is 31.8 Å². The first kappa shape index (κ1) is 21.1. The third-order valence-corrected chi connectivity index (χ3v) is 7.17. The van der Waals surface area contributed by atoms with Crippen LogP contribution in [0.2, 0.25) is 0 Å². The Balaban J connectivity index is 1.84. The van der Waals surface area contributed by atoms with E-state index in [1.54, 1.807) is 18.2 Å². The summed E-state index contributed by atoms with van der Waals surface area (Å²) in [6, 6.07) is 11.3. The largest absolute Gasteiger partial charge is 0.504 e. The van der Waals surface area contributed by atoms with Crippen molar-refractivity contribution in [2.45, 2.75) is 37.8 Å². The summed E-state index contributed by atoms with van der Waals surface area (Å²) in [5.74, 6) is -1.29. The molecule has 0 saturated heterocycles. The number of benzene rings is 2. The van der Waals surface area contributed by atoms with Crippen LogP contribution in [0.3, 0.4) is 0 Å². The van der Waals surface area contributed by atoms with Crippen LogP contribution in [-0.2, 0) is 21.4 Å². The monoisotopic (exact) mass is 450 g/mol. The maximum atomic E-state index is 13.4. The lowest BCUT2D eigenvalue weighted by atomic mass is 10.1. The summed E-state index contributed by atoms with van der Waals surface area (Å²) >= 11 is 0. The number of aromatic hydroxyl groups is 1. The van der Waals surface area contributed by atoms with Gasteiger partial charge in [-0.2, -0.15) is 8.78 Å². The normalized spacial score (nSPS) is 15.2. The fraction of sp³-hybridized carbons (Fsp3) is 0.286. The zero-order valence-corrected chi connectivity index (χ0v) is 17.3. The Bertz CT molecular complexity index is 1250. The van der Waals surface area contributed by atoms with Crippen LogP contribution in [0.5, 0.6) is 11.5 Å². The van der Waals surface area contributed by atoms with Crippen molar-refractivity contribution in [3.8, 4) is 11.5 Å². The van der Waals surface area contributed by atoms with Gasteiger partial charge >= 0.3 is 6.61 Å². The number of carbonyl (C=O) groups excluding carboxylic acids is 1. The number of nitrogens with one attached hydrogen (secondary N) is 1. The second-order valence-corrected chi connectivity index (χ2v) is 9.51. The van der Waals surface area contributed by atoms with Crippen LogP contribution >= 0.6 is 0 Å². The predicted octanol–water partition coefficient (Wildman–Crippen LogP) is 3.60. The van der Waals surface area contributed by atoms with Crippen molar-refractivity contribution in [1.82, 2.24) is 9.29 Å². The van der Waals surface area contributed by atoms with E-state index in [0.717, 1.165) is 28.9 Å². The number of rotatable bonds is 7. The van der Waals surface area contributed by atoms with Crippen LogP contribution in [0.15, 0.2) is 53.4 Å². The molecule has 0 atom stereocenters. The minimum Gasteiger partial charge on any atom is -0.504 e. The Morgan fingerprint density at radius 1 is 1.23 bits per heavy atom. The lowest BCUT2D eigenvalue weighted by molar-refractivity contribution is -0.125. The molecule has 0 spiro atoms. The molecule has 0 radical (unpaired) electrons. The van der Waals surface area contributed by atoms with Crippen molar-refractivity contribution in [2.24, 2.45) is 5.41 Å². The number of alkyl halides is 2. The molecule has 1 aliphatic carbocycles. The number of ether oxygens (including phenoxy) is 1. The maximum Gasteiger partial charge on any atom is 0.387 e. The van der Waals surface area contributed by atoms with E-state index in [2.05, 4.69) is 10.1 Å². The first-order valence-electron chi connectivity index (χ1n) is 9.53. The number of nitrogens with zero attached hydrogens (tertiary/aromatic N) is 1. The number of phenolic OH excluding ortho intramolecular Hbond substituents is 1. The van der Waals surface area contributed by atoms with Crippen molar-refractivity contribution in [2.75, 3.05) is 0 Å². The zero-order chi connectivity index (χ0) is 22.4. The second kappa shape index (κ2) is 7.52. The van der Waals surface area contributed by atoms with Crippen LogP contribution in [-0.4, -0.2) is 30.0 Å². The Morgan fingerprint density at radius 3 is 2.52 bits per heavy atom. The summed E-state index contributed by atoms with van der Waals surface area (Å²) in [7, 11) is -4.11. The summed E-state index contributed by atoms with van der Waals surface area (Å²) in [6.45, 7) is -1.43. The first-order valence-corrected chi connectivity index (χ1v) is 11.0. The first-order chi connectivity index (χ1) is 14.6. The molecule has 7 nitrogen and oxygen atoms in total. The zero-order valence-electron chi connectivity index (χ0n) is 16.5. The average molecular weight is 450 g/mol. The lowest BCUT2D eigenvalue weighted by Crippen LogP contribution is -2.31. The standard InChI is InChI=1S/C21H20F2N2O5S/c1-21(7-8-21)19(27)24-12-14-9-13-10-18(30-20(22)23)17(26)11-16(13)25(14)31(28,29)15-5-3-2-4-6-15/h2-6,9-11,20,26H,7-8,12H2,1H3,(H,24,27). The molecule has 1 amide bonds. The highest BCUT2D eigenvalue weighted by atomic mass is 32.2. The van der Waals surface area contributed by atoms with E-state index < -0.39 is 33.5 Å². The van der Waals surface area contributed by atoms with Gasteiger partial charge in [-0.3, -0.25) is 4.79 Å². The van der Waals surface area contributed by atoms with Gasteiger partial charge in [0.05, 0.1) is 22.7 Å². The highest BCUT2D eigenvalue weighted by Gasteiger charge is 2.44.